The molecule has 1 N–H and O–H groups in total. The maximum absolute atomic E-state index is 13.3. The molecular formula is C30H27N3O5. The van der Waals surface area contributed by atoms with Crippen molar-refractivity contribution in [1.29, 1.82) is 0 Å². The number of aryl methyl sites for hydroxylation is 1. The van der Waals surface area contributed by atoms with Gasteiger partial charge in [0, 0.05) is 31.0 Å². The second kappa shape index (κ2) is 11.0. The van der Waals surface area contributed by atoms with Crippen LogP contribution in [0.2, 0.25) is 0 Å². The van der Waals surface area contributed by atoms with Gasteiger partial charge in [-0.25, -0.2) is 4.98 Å². The number of Topliss-reactive ketones (excluding diaryl/α,β-unsaturated/α-hetero) is 1. The van der Waals surface area contributed by atoms with E-state index in [4.69, 9.17) is 9.47 Å². The van der Waals surface area contributed by atoms with Crippen LogP contribution in [0, 0.1) is 0 Å². The zero-order valence-corrected chi connectivity index (χ0v) is 20.9. The van der Waals surface area contributed by atoms with Gasteiger partial charge in [0.05, 0.1) is 25.1 Å². The minimum atomic E-state index is -0.779. The Balaban J connectivity index is 1.53. The van der Waals surface area contributed by atoms with Crippen molar-refractivity contribution in [3.8, 4) is 17.2 Å². The number of nitrogens with zero attached hydrogens (tertiary/aromatic N) is 3. The molecule has 1 amide bonds. The number of rotatable bonds is 9. The molecule has 1 aliphatic rings. The average Bonchev–Trinajstić information content (AvgIpc) is 3.56. The first kappa shape index (κ1) is 24.8. The summed E-state index contributed by atoms with van der Waals surface area (Å²) in [5.41, 5.74) is 1.12. The van der Waals surface area contributed by atoms with Gasteiger partial charge >= 0.3 is 0 Å². The number of benzene rings is 3. The lowest BCUT2D eigenvalue weighted by Crippen LogP contribution is -2.31. The number of hydrogen-bond donors (Lipinski definition) is 1. The van der Waals surface area contributed by atoms with E-state index >= 15 is 0 Å². The van der Waals surface area contributed by atoms with Gasteiger partial charge < -0.3 is 24.0 Å². The van der Waals surface area contributed by atoms with Crippen molar-refractivity contribution in [2.24, 2.45) is 0 Å². The van der Waals surface area contributed by atoms with Crippen LogP contribution in [0.15, 0.2) is 103 Å². The number of carbonyl (C=O) groups is 2. The normalized spacial score (nSPS) is 16.6. The molecule has 4 aromatic rings. The Bertz CT molecular complexity index is 1450. The third-order valence-corrected chi connectivity index (χ3v) is 6.43. The standard InChI is InChI=1S/C30H27N3O5/c1-37-23-13-11-21(12-14-23)28(34)26-27(22-7-5-10-25(19-22)38-24-8-3-2-4-9-24)33(30(36)29(26)35)17-6-16-32-18-15-31-20-32/h2-5,7-15,18-20,27,34H,6,16-17H2,1H3/b28-26+/t27-/m0/s1. The van der Waals surface area contributed by atoms with E-state index in [1.54, 1.807) is 50.0 Å². The van der Waals surface area contributed by atoms with Crippen molar-refractivity contribution in [3.05, 3.63) is 114 Å². The predicted molar refractivity (Wildman–Crippen MR) is 142 cm³/mol. The molecular weight excluding hydrogens is 482 g/mol. The SMILES string of the molecule is COc1ccc(/C(O)=C2\C(=O)C(=O)N(CCCn3ccnc3)[C@H]2c2cccc(Oc3ccccc3)c2)cc1. The van der Waals surface area contributed by atoms with E-state index in [1.807, 2.05) is 59.3 Å². The van der Waals surface area contributed by atoms with E-state index in [2.05, 4.69) is 4.98 Å². The molecule has 1 saturated heterocycles. The van der Waals surface area contributed by atoms with Gasteiger partial charge in [0.1, 0.15) is 23.0 Å². The lowest BCUT2D eigenvalue weighted by Gasteiger charge is -2.26. The summed E-state index contributed by atoms with van der Waals surface area (Å²) < 4.78 is 13.1. The van der Waals surface area contributed by atoms with Crippen LogP contribution >= 0.6 is 0 Å². The predicted octanol–water partition coefficient (Wildman–Crippen LogP) is 5.20. The van der Waals surface area contributed by atoms with Crippen LogP contribution in [0.25, 0.3) is 5.76 Å². The molecule has 0 bridgehead atoms. The number of hydrogen-bond acceptors (Lipinski definition) is 6. The van der Waals surface area contributed by atoms with Crippen molar-refractivity contribution in [1.82, 2.24) is 14.5 Å². The van der Waals surface area contributed by atoms with Crippen LogP contribution in [0.3, 0.4) is 0 Å². The van der Waals surface area contributed by atoms with Crippen molar-refractivity contribution < 1.29 is 24.2 Å². The van der Waals surface area contributed by atoms with Crippen molar-refractivity contribution in [2.45, 2.75) is 19.0 Å². The number of aliphatic hydroxyl groups is 1. The molecule has 192 valence electrons. The molecule has 3 aromatic carbocycles. The van der Waals surface area contributed by atoms with Gasteiger partial charge in [-0.2, -0.15) is 0 Å². The van der Waals surface area contributed by atoms with E-state index in [-0.39, 0.29) is 11.3 Å². The molecule has 1 fully saturated rings. The summed E-state index contributed by atoms with van der Waals surface area (Å²) >= 11 is 0. The number of ketones is 1. The average molecular weight is 510 g/mol. The number of para-hydroxylation sites is 1. The highest BCUT2D eigenvalue weighted by molar-refractivity contribution is 6.46. The van der Waals surface area contributed by atoms with Gasteiger partial charge in [-0.05, 0) is 60.5 Å². The third kappa shape index (κ3) is 5.15. The maximum Gasteiger partial charge on any atom is 0.295 e. The fourth-order valence-electron chi connectivity index (χ4n) is 4.58. The number of aromatic nitrogens is 2. The molecule has 0 saturated carbocycles. The topological polar surface area (TPSA) is 93.9 Å². The van der Waals surface area contributed by atoms with Gasteiger partial charge in [-0.1, -0.05) is 30.3 Å². The summed E-state index contributed by atoms with van der Waals surface area (Å²) in [5.74, 6) is 0.233. The Hall–Kier alpha value is -4.85. The van der Waals surface area contributed by atoms with Crippen LogP contribution in [-0.2, 0) is 16.1 Å². The molecule has 0 aliphatic carbocycles. The Morgan fingerprint density at radius 2 is 1.68 bits per heavy atom. The highest BCUT2D eigenvalue weighted by atomic mass is 16.5. The van der Waals surface area contributed by atoms with E-state index in [9.17, 15) is 14.7 Å². The molecule has 8 nitrogen and oxygen atoms in total. The number of methoxy groups -OCH3 is 1. The zero-order valence-electron chi connectivity index (χ0n) is 20.9. The zero-order chi connectivity index (χ0) is 26.5. The minimum absolute atomic E-state index is 0.0414. The number of imidazole rings is 1. The van der Waals surface area contributed by atoms with Crippen LogP contribution in [0.5, 0.6) is 17.2 Å². The summed E-state index contributed by atoms with van der Waals surface area (Å²) in [5, 5.41) is 11.3. The molecule has 8 heteroatoms. The van der Waals surface area contributed by atoms with Gasteiger partial charge in [0.2, 0.25) is 0 Å². The second-order valence-electron chi connectivity index (χ2n) is 8.86. The first-order valence-electron chi connectivity index (χ1n) is 12.3. The molecule has 1 aromatic heterocycles. The molecule has 0 spiro atoms. The van der Waals surface area contributed by atoms with Gasteiger partial charge in [0.15, 0.2) is 0 Å². The Labute approximate surface area is 220 Å². The number of aliphatic hydroxyl groups excluding tert-OH is 1. The second-order valence-corrected chi connectivity index (χ2v) is 8.86. The molecule has 0 unspecified atom stereocenters. The van der Waals surface area contributed by atoms with E-state index in [0.29, 0.717) is 47.9 Å². The Morgan fingerprint density at radius 1 is 0.921 bits per heavy atom. The van der Waals surface area contributed by atoms with Crippen LogP contribution < -0.4 is 9.47 Å². The third-order valence-electron chi connectivity index (χ3n) is 6.43. The van der Waals surface area contributed by atoms with Crippen LogP contribution in [0.1, 0.15) is 23.6 Å². The van der Waals surface area contributed by atoms with Crippen molar-refractivity contribution >= 4 is 17.4 Å². The fourth-order valence-corrected chi connectivity index (χ4v) is 4.58. The minimum Gasteiger partial charge on any atom is -0.507 e. The Kier molecular flexibility index (Phi) is 7.21. The van der Waals surface area contributed by atoms with Gasteiger partial charge in [0.25, 0.3) is 11.7 Å². The maximum atomic E-state index is 13.3. The molecule has 5 rings (SSSR count). The molecule has 1 aliphatic heterocycles. The van der Waals surface area contributed by atoms with E-state index < -0.39 is 17.7 Å². The number of amides is 1. The van der Waals surface area contributed by atoms with Gasteiger partial charge in [-0.3, -0.25) is 9.59 Å². The smallest absolute Gasteiger partial charge is 0.295 e. The highest BCUT2D eigenvalue weighted by Gasteiger charge is 2.45. The lowest BCUT2D eigenvalue weighted by atomic mass is 9.95. The largest absolute Gasteiger partial charge is 0.507 e. The first-order valence-corrected chi connectivity index (χ1v) is 12.3. The summed E-state index contributed by atoms with van der Waals surface area (Å²) in [4.78, 5) is 32.2. The van der Waals surface area contributed by atoms with Crippen LogP contribution in [-0.4, -0.2) is 44.9 Å². The van der Waals surface area contributed by atoms with Crippen molar-refractivity contribution in [3.63, 3.8) is 0 Å². The number of likely N-dealkylation sites (tertiary alicyclic amines) is 1. The van der Waals surface area contributed by atoms with Crippen molar-refractivity contribution in [2.75, 3.05) is 13.7 Å². The number of ether oxygens (including phenoxy) is 2. The molecule has 2 heterocycles. The summed E-state index contributed by atoms with van der Waals surface area (Å²) in [6.07, 6.45) is 5.85. The highest BCUT2D eigenvalue weighted by Crippen LogP contribution is 2.41. The first-order chi connectivity index (χ1) is 18.5. The summed E-state index contributed by atoms with van der Waals surface area (Å²) in [7, 11) is 1.55. The molecule has 1 atom stereocenters. The van der Waals surface area contributed by atoms with Crippen LogP contribution in [0.4, 0.5) is 0 Å². The monoisotopic (exact) mass is 509 g/mol. The number of carbonyl (C=O) groups excluding carboxylic acids is 2. The summed E-state index contributed by atoms with van der Waals surface area (Å²) in [6.45, 7) is 0.946. The fraction of sp³-hybridized carbons (Fsp3) is 0.167. The Morgan fingerprint density at radius 3 is 2.39 bits per heavy atom. The lowest BCUT2D eigenvalue weighted by molar-refractivity contribution is -0.139. The molecule has 38 heavy (non-hydrogen) atoms. The van der Waals surface area contributed by atoms with E-state index in [1.165, 1.54) is 4.90 Å². The van der Waals surface area contributed by atoms with Gasteiger partial charge in [-0.15, -0.1) is 0 Å². The quantitative estimate of drug-likeness (QED) is 0.189. The van der Waals surface area contributed by atoms with E-state index in [0.717, 1.165) is 0 Å². The summed E-state index contributed by atoms with van der Waals surface area (Å²) in [6, 6.07) is 22.5. The molecule has 0 radical (unpaired) electrons.